The van der Waals surface area contributed by atoms with E-state index in [1.807, 2.05) is 0 Å². The number of hydrogen-bond acceptors (Lipinski definition) is 5. The Labute approximate surface area is 138 Å². The van der Waals surface area contributed by atoms with Gasteiger partial charge in [0.1, 0.15) is 4.21 Å². The average molecular weight is 381 g/mol. The third kappa shape index (κ3) is 3.61. The molecule has 0 aliphatic heterocycles. The highest BCUT2D eigenvalue weighted by atomic mass is 35.5. The number of halogens is 1. The number of primary sulfonamides is 1. The first-order chi connectivity index (χ1) is 10.0. The van der Waals surface area contributed by atoms with Crippen molar-refractivity contribution >= 4 is 48.7 Å². The van der Waals surface area contributed by atoms with E-state index in [2.05, 4.69) is 4.72 Å². The van der Waals surface area contributed by atoms with E-state index < -0.39 is 20.0 Å². The summed E-state index contributed by atoms with van der Waals surface area (Å²) in [6.07, 6.45) is 0. The van der Waals surface area contributed by atoms with E-state index in [0.29, 0.717) is 15.5 Å². The summed E-state index contributed by atoms with van der Waals surface area (Å²) in [7, 11) is -7.78. The maximum Gasteiger partial charge on any atom is 0.271 e. The number of hydrogen-bond donors (Lipinski definition) is 2. The molecule has 1 heterocycles. The number of nitrogens with one attached hydrogen (secondary N) is 1. The standard InChI is InChI=1S/C12H13ClN2O4S3/c1-7-5-9(21(14,16)17)6-10(8(7)2)15-22(18,19)12-4-3-11(13)20-12/h3-6,15H,1-2H3,(H2,14,16,17). The molecule has 2 aromatic rings. The minimum absolute atomic E-state index is 0.0376. The van der Waals surface area contributed by atoms with Crippen LogP contribution in [0.25, 0.3) is 0 Å². The predicted octanol–water partition coefficient (Wildman–Crippen LogP) is 2.47. The largest absolute Gasteiger partial charge is 0.279 e. The van der Waals surface area contributed by atoms with Crippen molar-refractivity contribution in [1.29, 1.82) is 0 Å². The molecule has 0 unspecified atom stereocenters. The summed E-state index contributed by atoms with van der Waals surface area (Å²) in [6, 6.07) is 5.44. The highest BCUT2D eigenvalue weighted by Gasteiger charge is 2.20. The van der Waals surface area contributed by atoms with Gasteiger partial charge in [0.25, 0.3) is 10.0 Å². The van der Waals surface area contributed by atoms with Crippen LogP contribution in [0.5, 0.6) is 0 Å². The highest BCUT2D eigenvalue weighted by Crippen LogP contribution is 2.30. The fraction of sp³-hybridized carbons (Fsp3) is 0.167. The van der Waals surface area contributed by atoms with Crippen molar-refractivity contribution in [2.45, 2.75) is 23.0 Å². The molecule has 0 radical (unpaired) electrons. The molecule has 1 aromatic heterocycles. The topological polar surface area (TPSA) is 106 Å². The van der Waals surface area contributed by atoms with Gasteiger partial charge in [-0.15, -0.1) is 11.3 Å². The molecular formula is C12H13ClN2O4S3. The third-order valence-corrected chi connectivity index (χ3v) is 7.01. The third-order valence-electron chi connectivity index (χ3n) is 3.03. The molecule has 0 fully saturated rings. The van der Waals surface area contributed by atoms with Gasteiger partial charge in [-0.05, 0) is 49.2 Å². The first kappa shape index (κ1) is 17.2. The zero-order valence-electron chi connectivity index (χ0n) is 11.6. The number of thiophene rings is 1. The SMILES string of the molecule is Cc1cc(S(N)(=O)=O)cc(NS(=O)(=O)c2ccc(Cl)s2)c1C. The zero-order valence-corrected chi connectivity index (χ0v) is 14.8. The maximum atomic E-state index is 12.3. The Morgan fingerprint density at radius 3 is 2.27 bits per heavy atom. The molecule has 0 atom stereocenters. The van der Waals surface area contributed by atoms with Crippen LogP contribution in [-0.2, 0) is 20.0 Å². The van der Waals surface area contributed by atoms with Crippen molar-refractivity contribution in [2.24, 2.45) is 5.14 Å². The Balaban J connectivity index is 2.52. The second kappa shape index (κ2) is 5.82. The molecular weight excluding hydrogens is 368 g/mol. The second-order valence-corrected chi connectivity index (χ2v) is 9.81. The lowest BCUT2D eigenvalue weighted by Crippen LogP contribution is -2.16. The molecule has 0 amide bonds. The number of benzene rings is 1. The van der Waals surface area contributed by atoms with E-state index in [-0.39, 0.29) is 14.8 Å². The minimum Gasteiger partial charge on any atom is -0.279 e. The van der Waals surface area contributed by atoms with Gasteiger partial charge in [0, 0.05) is 0 Å². The van der Waals surface area contributed by atoms with Crippen molar-refractivity contribution in [2.75, 3.05) is 4.72 Å². The zero-order chi connectivity index (χ0) is 16.7. The number of aryl methyl sites for hydroxylation is 1. The van der Waals surface area contributed by atoms with Crippen molar-refractivity contribution in [3.63, 3.8) is 0 Å². The van der Waals surface area contributed by atoms with Gasteiger partial charge < -0.3 is 0 Å². The molecule has 0 aliphatic carbocycles. The van der Waals surface area contributed by atoms with E-state index in [9.17, 15) is 16.8 Å². The van der Waals surface area contributed by atoms with Crippen LogP contribution in [0.4, 0.5) is 5.69 Å². The van der Waals surface area contributed by atoms with Crippen molar-refractivity contribution < 1.29 is 16.8 Å². The summed E-state index contributed by atoms with van der Waals surface area (Å²) in [5.74, 6) is 0. The lowest BCUT2D eigenvalue weighted by Gasteiger charge is -2.13. The summed E-state index contributed by atoms with van der Waals surface area (Å²) in [6.45, 7) is 3.35. The van der Waals surface area contributed by atoms with Gasteiger partial charge in [-0.1, -0.05) is 11.6 Å². The van der Waals surface area contributed by atoms with Crippen molar-refractivity contribution in [3.05, 3.63) is 39.7 Å². The highest BCUT2D eigenvalue weighted by molar-refractivity contribution is 7.94. The van der Waals surface area contributed by atoms with Crippen LogP contribution < -0.4 is 9.86 Å². The summed E-state index contributed by atoms with van der Waals surface area (Å²) in [5, 5.41) is 5.10. The fourth-order valence-corrected chi connectivity index (χ4v) is 4.95. The van der Waals surface area contributed by atoms with E-state index in [0.717, 1.165) is 11.3 Å². The molecule has 1 aromatic carbocycles. The normalized spacial score (nSPS) is 12.4. The Kier molecular flexibility index (Phi) is 4.56. The Hall–Kier alpha value is -1.13. The van der Waals surface area contributed by atoms with Crippen LogP contribution in [0.2, 0.25) is 4.34 Å². The van der Waals surface area contributed by atoms with Crippen molar-refractivity contribution in [1.82, 2.24) is 0 Å². The van der Waals surface area contributed by atoms with Crippen LogP contribution in [0.3, 0.4) is 0 Å². The second-order valence-electron chi connectivity index (χ2n) is 4.62. The number of rotatable bonds is 4. The smallest absolute Gasteiger partial charge is 0.271 e. The molecule has 0 aliphatic rings. The lowest BCUT2D eigenvalue weighted by atomic mass is 10.1. The summed E-state index contributed by atoms with van der Waals surface area (Å²) in [4.78, 5) is -0.155. The van der Waals surface area contributed by atoms with Crippen LogP contribution in [-0.4, -0.2) is 16.8 Å². The quantitative estimate of drug-likeness (QED) is 0.849. The van der Waals surface area contributed by atoms with Gasteiger partial charge in [-0.2, -0.15) is 0 Å². The maximum absolute atomic E-state index is 12.3. The first-order valence-electron chi connectivity index (χ1n) is 5.93. The van der Waals surface area contributed by atoms with Gasteiger partial charge in [-0.3, -0.25) is 4.72 Å². The summed E-state index contributed by atoms with van der Waals surface area (Å²) < 4.78 is 50.3. The number of nitrogens with two attached hydrogens (primary N) is 1. The molecule has 10 heteroatoms. The molecule has 3 N–H and O–H groups in total. The van der Waals surface area contributed by atoms with Gasteiger partial charge in [0.2, 0.25) is 10.0 Å². The van der Waals surface area contributed by atoms with E-state index in [1.54, 1.807) is 13.8 Å². The van der Waals surface area contributed by atoms with Crippen LogP contribution in [0, 0.1) is 13.8 Å². The summed E-state index contributed by atoms with van der Waals surface area (Å²) >= 11 is 6.65. The monoisotopic (exact) mass is 380 g/mol. The molecule has 2 rings (SSSR count). The van der Waals surface area contributed by atoms with Gasteiger partial charge >= 0.3 is 0 Å². The molecule has 120 valence electrons. The Bertz CT molecular complexity index is 933. The molecule has 0 saturated carbocycles. The van der Waals surface area contributed by atoms with Gasteiger partial charge in [-0.25, -0.2) is 22.0 Å². The Morgan fingerprint density at radius 1 is 1.14 bits per heavy atom. The van der Waals surface area contributed by atoms with Crippen LogP contribution >= 0.6 is 22.9 Å². The molecule has 0 saturated heterocycles. The molecule has 0 spiro atoms. The van der Waals surface area contributed by atoms with E-state index in [4.69, 9.17) is 16.7 Å². The number of sulfonamides is 2. The molecule has 6 nitrogen and oxygen atoms in total. The van der Waals surface area contributed by atoms with E-state index in [1.165, 1.54) is 24.3 Å². The molecule has 22 heavy (non-hydrogen) atoms. The minimum atomic E-state index is -3.93. The number of anilines is 1. The predicted molar refractivity (Wildman–Crippen MR) is 87.4 cm³/mol. The molecule has 0 bridgehead atoms. The van der Waals surface area contributed by atoms with Crippen LogP contribution in [0.15, 0.2) is 33.4 Å². The lowest BCUT2D eigenvalue weighted by molar-refractivity contribution is 0.596. The average Bonchev–Trinajstić information content (AvgIpc) is 2.81. The fourth-order valence-electron chi connectivity index (χ4n) is 1.73. The van der Waals surface area contributed by atoms with Crippen LogP contribution in [0.1, 0.15) is 11.1 Å². The van der Waals surface area contributed by atoms with Crippen molar-refractivity contribution in [3.8, 4) is 0 Å². The summed E-state index contributed by atoms with van der Waals surface area (Å²) in [5.41, 5.74) is 1.38. The van der Waals surface area contributed by atoms with Gasteiger partial charge in [0.05, 0.1) is 14.9 Å². The van der Waals surface area contributed by atoms with E-state index >= 15 is 0 Å². The Morgan fingerprint density at radius 2 is 1.77 bits per heavy atom. The first-order valence-corrected chi connectivity index (χ1v) is 10.2. The van der Waals surface area contributed by atoms with Gasteiger partial charge in [0.15, 0.2) is 0 Å².